The van der Waals surface area contributed by atoms with Crippen molar-refractivity contribution in [1.29, 1.82) is 0 Å². The van der Waals surface area contributed by atoms with E-state index in [-0.39, 0.29) is 17.9 Å². The van der Waals surface area contributed by atoms with Crippen LogP contribution in [-0.4, -0.2) is 31.1 Å². The van der Waals surface area contributed by atoms with Crippen molar-refractivity contribution in [3.63, 3.8) is 0 Å². The highest BCUT2D eigenvalue weighted by molar-refractivity contribution is 9.10. The van der Waals surface area contributed by atoms with Gasteiger partial charge in [0.2, 0.25) is 5.91 Å². The average Bonchev–Trinajstić information content (AvgIpc) is 2.62. The maximum absolute atomic E-state index is 14.3. The van der Waals surface area contributed by atoms with Crippen molar-refractivity contribution in [3.8, 4) is 5.75 Å². The van der Waals surface area contributed by atoms with E-state index in [0.29, 0.717) is 4.47 Å². The zero-order chi connectivity index (χ0) is 19.4. The number of carbonyl (C=O) groups is 1. The molecule has 2 atom stereocenters. The Morgan fingerprint density at radius 3 is 2.69 bits per heavy atom. The average molecular weight is 448 g/mol. The first-order chi connectivity index (χ1) is 12.3. The van der Waals surface area contributed by atoms with Crippen LogP contribution in [0.1, 0.15) is 20.3 Å². The number of ether oxygens (including phenoxy) is 1. The zero-order valence-corrected chi connectivity index (χ0v) is 16.6. The minimum atomic E-state index is -3.93. The van der Waals surface area contributed by atoms with Gasteiger partial charge in [0, 0.05) is 10.9 Å². The first-order valence-corrected chi connectivity index (χ1v) is 10.4. The lowest BCUT2D eigenvalue weighted by Gasteiger charge is -2.37. The Morgan fingerprint density at radius 1 is 1.35 bits per heavy atom. The molecule has 0 heterocycles. The molecule has 0 fully saturated rings. The molecule has 6 nitrogen and oxygen atoms in total. The lowest BCUT2D eigenvalue weighted by atomic mass is 10.1. The van der Waals surface area contributed by atoms with Gasteiger partial charge in [-0.25, -0.2) is 18.3 Å². The number of carbonyl (C=O) groups excluding carboxylic acids is 1. The fourth-order valence-electron chi connectivity index (χ4n) is 2.30. The molecule has 0 spiro atoms. The van der Waals surface area contributed by atoms with Crippen LogP contribution in [0.3, 0.4) is 0 Å². The molecule has 2 unspecified atom stereocenters. The van der Waals surface area contributed by atoms with Crippen molar-refractivity contribution in [1.82, 2.24) is 5.48 Å². The van der Waals surface area contributed by atoms with Crippen molar-refractivity contribution >= 4 is 31.7 Å². The van der Waals surface area contributed by atoms with Crippen LogP contribution in [0, 0.1) is 5.82 Å². The second kappa shape index (κ2) is 8.32. The summed E-state index contributed by atoms with van der Waals surface area (Å²) in [5.41, 5.74) is 2.19. The molecule has 2 rings (SSSR count). The number of nitrogens with one attached hydrogen (secondary N) is 1. The third-order valence-corrected chi connectivity index (χ3v) is 6.45. The molecule has 1 amide bonds. The van der Waals surface area contributed by atoms with E-state index in [1.165, 1.54) is 43.4 Å². The first-order valence-electron chi connectivity index (χ1n) is 7.92. The summed E-state index contributed by atoms with van der Waals surface area (Å²) in [5, 5.41) is 0. The first kappa shape index (κ1) is 20.6. The molecule has 1 aromatic rings. The van der Waals surface area contributed by atoms with Gasteiger partial charge in [0.25, 0.3) is 4.93 Å². The van der Waals surface area contributed by atoms with E-state index in [2.05, 4.69) is 21.4 Å². The molecule has 142 valence electrons. The van der Waals surface area contributed by atoms with Crippen LogP contribution in [0.2, 0.25) is 0 Å². The van der Waals surface area contributed by atoms with E-state index in [1.54, 1.807) is 13.0 Å². The highest BCUT2D eigenvalue weighted by atomic mass is 79.9. The summed E-state index contributed by atoms with van der Waals surface area (Å²) in [6.45, 7) is 3.07. The fraction of sp³-hybridized carbons (Fsp3) is 0.353. The molecular weight excluding hydrogens is 429 g/mol. The van der Waals surface area contributed by atoms with Crippen molar-refractivity contribution in [2.75, 3.05) is 5.75 Å². The Labute approximate surface area is 160 Å². The third kappa shape index (κ3) is 4.16. The van der Waals surface area contributed by atoms with Gasteiger partial charge in [-0.3, -0.25) is 9.63 Å². The minimum Gasteiger partial charge on any atom is -0.461 e. The third-order valence-electron chi connectivity index (χ3n) is 3.77. The second-order valence-corrected chi connectivity index (χ2v) is 8.82. The molecule has 0 aromatic heterocycles. The normalized spacial score (nSPS) is 22.2. The Bertz CT molecular complexity index is 840. The van der Waals surface area contributed by atoms with Gasteiger partial charge < -0.3 is 4.74 Å². The van der Waals surface area contributed by atoms with Gasteiger partial charge in [-0.1, -0.05) is 41.9 Å². The monoisotopic (exact) mass is 447 g/mol. The lowest BCUT2D eigenvalue weighted by molar-refractivity contribution is -0.140. The van der Waals surface area contributed by atoms with Crippen LogP contribution in [0.5, 0.6) is 5.75 Å². The highest BCUT2D eigenvalue weighted by Gasteiger charge is 2.51. The molecule has 1 N–H and O–H groups in total. The van der Waals surface area contributed by atoms with Crippen molar-refractivity contribution in [2.45, 2.75) is 31.3 Å². The van der Waals surface area contributed by atoms with Crippen LogP contribution < -0.4 is 10.2 Å². The molecule has 1 aliphatic rings. The summed E-state index contributed by atoms with van der Waals surface area (Å²) in [4.78, 5) is 14.8. The molecule has 9 heteroatoms. The number of hydrogen-bond donors (Lipinski definition) is 1. The molecule has 1 aromatic carbocycles. The summed E-state index contributed by atoms with van der Waals surface area (Å²) in [5.74, 6) is -1.68. The highest BCUT2D eigenvalue weighted by Crippen LogP contribution is 2.35. The lowest BCUT2D eigenvalue weighted by Crippen LogP contribution is -2.56. The summed E-state index contributed by atoms with van der Waals surface area (Å²) in [6, 6.07) is 4.01. The van der Waals surface area contributed by atoms with Gasteiger partial charge in [-0.15, -0.1) is 0 Å². The number of hydrogen-bond acceptors (Lipinski definition) is 5. The Hall–Kier alpha value is -1.71. The van der Waals surface area contributed by atoms with E-state index < -0.39 is 32.6 Å². The van der Waals surface area contributed by atoms with Gasteiger partial charge in [0.1, 0.15) is 0 Å². The molecule has 0 radical (unpaired) electrons. The molecule has 0 saturated heterocycles. The van der Waals surface area contributed by atoms with Crippen LogP contribution in [0.4, 0.5) is 4.39 Å². The maximum Gasteiger partial charge on any atom is 0.259 e. The van der Waals surface area contributed by atoms with Crippen molar-refractivity contribution in [2.24, 2.45) is 0 Å². The van der Waals surface area contributed by atoms with Crippen molar-refractivity contribution in [3.05, 3.63) is 52.8 Å². The van der Waals surface area contributed by atoms with Crippen LogP contribution in [0.25, 0.3) is 0 Å². The molecular formula is C17H19BrFNO5S. The zero-order valence-electron chi connectivity index (χ0n) is 14.2. The number of amides is 1. The Balaban J connectivity index is 2.47. The smallest absolute Gasteiger partial charge is 0.259 e. The van der Waals surface area contributed by atoms with Crippen molar-refractivity contribution < 1.29 is 27.2 Å². The Kier molecular flexibility index (Phi) is 6.59. The van der Waals surface area contributed by atoms with E-state index in [9.17, 15) is 17.6 Å². The molecule has 0 aliphatic heterocycles. The van der Waals surface area contributed by atoms with E-state index in [0.717, 1.165) is 0 Å². The topological polar surface area (TPSA) is 81.7 Å². The molecule has 26 heavy (non-hydrogen) atoms. The molecule has 0 bridgehead atoms. The van der Waals surface area contributed by atoms with Gasteiger partial charge in [-0.2, -0.15) is 0 Å². The summed E-state index contributed by atoms with van der Waals surface area (Å²) in [7, 11) is -3.93. The van der Waals surface area contributed by atoms with Gasteiger partial charge in [0.15, 0.2) is 27.5 Å². The standard InChI is InChI=1S/C17H19BrFNO5S/c1-3-16(21)20-25-15-7-5-6-10-17(15,26(22,23)4-2)24-14-9-8-12(18)11-13(14)19/h5-11,15H,3-4H2,1-2H3,(H,20,21). The quantitative estimate of drug-likeness (QED) is 0.649. The number of allylic oxidation sites excluding steroid dienone is 2. The maximum atomic E-state index is 14.3. The fourth-order valence-corrected chi connectivity index (χ4v) is 4.07. The Morgan fingerprint density at radius 2 is 2.08 bits per heavy atom. The van der Waals surface area contributed by atoms with Crippen LogP contribution in [-0.2, 0) is 19.5 Å². The summed E-state index contributed by atoms with van der Waals surface area (Å²) >= 11 is 3.14. The number of sulfone groups is 1. The molecule has 1 aliphatic carbocycles. The molecule has 0 saturated carbocycles. The van der Waals surface area contributed by atoms with Gasteiger partial charge in [-0.05, 0) is 30.4 Å². The predicted molar refractivity (Wildman–Crippen MR) is 98.5 cm³/mol. The largest absolute Gasteiger partial charge is 0.461 e. The number of hydroxylamine groups is 1. The number of halogens is 2. The van der Waals surface area contributed by atoms with Crippen LogP contribution in [0.15, 0.2) is 47.0 Å². The van der Waals surface area contributed by atoms with E-state index in [4.69, 9.17) is 9.57 Å². The number of benzene rings is 1. The SMILES string of the molecule is CCC(=O)NOC1C=CC=CC1(Oc1ccc(Br)cc1F)S(=O)(=O)CC. The van der Waals surface area contributed by atoms with E-state index >= 15 is 0 Å². The summed E-state index contributed by atoms with van der Waals surface area (Å²) < 4.78 is 46.1. The van der Waals surface area contributed by atoms with Crippen LogP contribution >= 0.6 is 15.9 Å². The van der Waals surface area contributed by atoms with E-state index in [1.807, 2.05) is 0 Å². The predicted octanol–water partition coefficient (Wildman–Crippen LogP) is 3.05. The summed E-state index contributed by atoms with van der Waals surface area (Å²) in [6.07, 6.45) is 4.72. The van der Waals surface area contributed by atoms with Gasteiger partial charge in [0.05, 0.1) is 5.75 Å². The minimum absolute atomic E-state index is 0.155. The second-order valence-electron chi connectivity index (χ2n) is 5.46. The van der Waals surface area contributed by atoms with Gasteiger partial charge >= 0.3 is 0 Å². The number of rotatable bonds is 7.